The van der Waals surface area contributed by atoms with Gasteiger partial charge in [-0.25, -0.2) is 0 Å². The Kier molecular flexibility index (Phi) is 5.24. The normalized spacial score (nSPS) is 20.7. The quantitative estimate of drug-likeness (QED) is 0.664. The molecule has 1 fully saturated rings. The number of rotatable bonds is 5. The summed E-state index contributed by atoms with van der Waals surface area (Å²) >= 11 is 0. The molecular formula is C16H30O2. The fourth-order valence-electron chi connectivity index (χ4n) is 3.06. The zero-order chi connectivity index (χ0) is 13.8. The van der Waals surface area contributed by atoms with Crippen molar-refractivity contribution in [1.29, 1.82) is 0 Å². The molecule has 0 aromatic carbocycles. The molecule has 2 heteroatoms. The van der Waals surface area contributed by atoms with E-state index in [1.807, 2.05) is 0 Å². The predicted octanol–water partition coefficient (Wildman–Crippen LogP) is 4.71. The van der Waals surface area contributed by atoms with Gasteiger partial charge in [-0.1, -0.05) is 41.0 Å². The van der Waals surface area contributed by atoms with Gasteiger partial charge in [0.15, 0.2) is 0 Å². The van der Waals surface area contributed by atoms with Crippen molar-refractivity contribution >= 4 is 5.97 Å². The lowest BCUT2D eigenvalue weighted by atomic mass is 9.75. The van der Waals surface area contributed by atoms with Crippen LogP contribution in [0.25, 0.3) is 0 Å². The molecule has 0 bridgehead atoms. The average Bonchev–Trinajstić information content (AvgIpc) is 2.74. The summed E-state index contributed by atoms with van der Waals surface area (Å²) in [6.45, 7) is 10.8. The topological polar surface area (TPSA) is 26.3 Å². The summed E-state index contributed by atoms with van der Waals surface area (Å²) in [5.41, 5.74) is -0.172. The molecule has 0 N–H and O–H groups in total. The molecule has 1 unspecified atom stereocenters. The first-order valence-corrected chi connectivity index (χ1v) is 7.59. The van der Waals surface area contributed by atoms with Gasteiger partial charge in [0, 0.05) is 5.41 Å². The Morgan fingerprint density at radius 1 is 1.22 bits per heavy atom. The van der Waals surface area contributed by atoms with E-state index in [0.29, 0.717) is 0 Å². The Hall–Kier alpha value is -0.530. The van der Waals surface area contributed by atoms with Crippen molar-refractivity contribution in [2.75, 3.05) is 0 Å². The van der Waals surface area contributed by atoms with Crippen molar-refractivity contribution in [2.45, 2.75) is 85.2 Å². The Labute approximate surface area is 112 Å². The van der Waals surface area contributed by atoms with Crippen LogP contribution in [0.3, 0.4) is 0 Å². The molecule has 0 amide bonds. The second-order valence-electron chi connectivity index (χ2n) is 6.77. The summed E-state index contributed by atoms with van der Waals surface area (Å²) in [5, 5.41) is 0. The lowest BCUT2D eigenvalue weighted by Crippen LogP contribution is -2.45. The highest BCUT2D eigenvalue weighted by atomic mass is 16.6. The van der Waals surface area contributed by atoms with Crippen LogP contribution in [0.15, 0.2) is 0 Å². The van der Waals surface area contributed by atoms with Crippen LogP contribution in [-0.4, -0.2) is 11.6 Å². The molecule has 106 valence electrons. The molecule has 1 aliphatic rings. The molecule has 0 aliphatic heterocycles. The van der Waals surface area contributed by atoms with Crippen LogP contribution in [0.2, 0.25) is 0 Å². The number of carbonyl (C=O) groups is 1. The van der Waals surface area contributed by atoms with Gasteiger partial charge in [-0.05, 0) is 38.5 Å². The van der Waals surface area contributed by atoms with Gasteiger partial charge in [-0.15, -0.1) is 0 Å². The Bertz CT molecular complexity index is 269. The number of ether oxygens (including phenoxy) is 1. The molecule has 0 aromatic heterocycles. The van der Waals surface area contributed by atoms with Crippen molar-refractivity contribution in [3.8, 4) is 0 Å². The summed E-state index contributed by atoms with van der Waals surface area (Å²) in [5.74, 6) is 0.131. The maximum atomic E-state index is 12.3. The van der Waals surface area contributed by atoms with Gasteiger partial charge in [0.1, 0.15) is 5.60 Å². The molecule has 0 spiro atoms. The molecule has 0 aromatic rings. The minimum Gasteiger partial charge on any atom is -0.458 e. The second kappa shape index (κ2) is 6.08. The Morgan fingerprint density at radius 3 is 2.17 bits per heavy atom. The SMILES string of the molecule is CCCC(CC)C(=O)OC1(C(C)(C)C)CCCC1. The monoisotopic (exact) mass is 254 g/mol. The third-order valence-electron chi connectivity index (χ3n) is 4.54. The van der Waals surface area contributed by atoms with E-state index in [4.69, 9.17) is 4.74 Å². The van der Waals surface area contributed by atoms with Gasteiger partial charge < -0.3 is 4.74 Å². The summed E-state index contributed by atoms with van der Waals surface area (Å²) in [4.78, 5) is 12.3. The first-order chi connectivity index (χ1) is 8.36. The summed E-state index contributed by atoms with van der Waals surface area (Å²) in [6, 6.07) is 0. The summed E-state index contributed by atoms with van der Waals surface area (Å²) in [7, 11) is 0. The van der Waals surface area contributed by atoms with E-state index in [2.05, 4.69) is 34.6 Å². The highest BCUT2D eigenvalue weighted by Gasteiger charge is 2.47. The number of carbonyl (C=O) groups excluding carboxylic acids is 1. The zero-order valence-corrected chi connectivity index (χ0v) is 12.8. The van der Waals surface area contributed by atoms with Crippen LogP contribution in [0.5, 0.6) is 0 Å². The van der Waals surface area contributed by atoms with E-state index in [1.165, 1.54) is 12.8 Å². The van der Waals surface area contributed by atoms with Gasteiger partial charge in [-0.2, -0.15) is 0 Å². The molecule has 18 heavy (non-hydrogen) atoms. The van der Waals surface area contributed by atoms with E-state index in [9.17, 15) is 4.79 Å². The first kappa shape index (κ1) is 15.5. The van der Waals surface area contributed by atoms with Gasteiger partial charge >= 0.3 is 5.97 Å². The standard InChI is InChI=1S/C16H30O2/c1-6-10-13(7-2)14(17)18-16(15(3,4)5)11-8-9-12-16/h13H,6-12H2,1-5H3. The molecule has 2 nitrogen and oxygen atoms in total. The van der Waals surface area contributed by atoms with Crippen LogP contribution in [0.1, 0.15) is 79.6 Å². The van der Waals surface area contributed by atoms with Crippen molar-refractivity contribution in [1.82, 2.24) is 0 Å². The maximum Gasteiger partial charge on any atom is 0.309 e. The Balaban J connectivity index is 2.76. The third kappa shape index (κ3) is 3.27. The molecule has 0 saturated heterocycles. The van der Waals surface area contributed by atoms with E-state index in [0.717, 1.165) is 32.1 Å². The molecule has 0 heterocycles. The average molecular weight is 254 g/mol. The number of hydrogen-bond acceptors (Lipinski definition) is 2. The maximum absolute atomic E-state index is 12.3. The smallest absolute Gasteiger partial charge is 0.309 e. The number of esters is 1. The van der Waals surface area contributed by atoms with Crippen LogP contribution in [0.4, 0.5) is 0 Å². The molecule has 1 rings (SSSR count). The predicted molar refractivity (Wildman–Crippen MR) is 75.4 cm³/mol. The fourth-order valence-corrected chi connectivity index (χ4v) is 3.06. The van der Waals surface area contributed by atoms with Crippen LogP contribution >= 0.6 is 0 Å². The van der Waals surface area contributed by atoms with Crippen LogP contribution < -0.4 is 0 Å². The van der Waals surface area contributed by atoms with Crippen LogP contribution in [-0.2, 0) is 9.53 Å². The first-order valence-electron chi connectivity index (χ1n) is 7.59. The van der Waals surface area contributed by atoms with Crippen molar-refractivity contribution in [3.63, 3.8) is 0 Å². The third-order valence-corrected chi connectivity index (χ3v) is 4.54. The van der Waals surface area contributed by atoms with Crippen molar-refractivity contribution < 1.29 is 9.53 Å². The van der Waals surface area contributed by atoms with Gasteiger partial charge in [0.05, 0.1) is 5.92 Å². The fraction of sp³-hybridized carbons (Fsp3) is 0.938. The van der Waals surface area contributed by atoms with Crippen molar-refractivity contribution in [2.24, 2.45) is 11.3 Å². The van der Waals surface area contributed by atoms with Gasteiger partial charge in [0.25, 0.3) is 0 Å². The summed E-state index contributed by atoms with van der Waals surface area (Å²) in [6.07, 6.45) is 7.35. The molecule has 0 radical (unpaired) electrons. The summed E-state index contributed by atoms with van der Waals surface area (Å²) < 4.78 is 6.03. The zero-order valence-electron chi connectivity index (χ0n) is 12.8. The van der Waals surface area contributed by atoms with Gasteiger partial charge in [-0.3, -0.25) is 4.79 Å². The van der Waals surface area contributed by atoms with E-state index < -0.39 is 0 Å². The lowest BCUT2D eigenvalue weighted by Gasteiger charge is -2.42. The van der Waals surface area contributed by atoms with Gasteiger partial charge in [0.2, 0.25) is 0 Å². The minimum absolute atomic E-state index is 0.0381. The van der Waals surface area contributed by atoms with E-state index in [-0.39, 0.29) is 22.9 Å². The second-order valence-corrected chi connectivity index (χ2v) is 6.77. The van der Waals surface area contributed by atoms with E-state index in [1.54, 1.807) is 0 Å². The van der Waals surface area contributed by atoms with Crippen LogP contribution in [0, 0.1) is 11.3 Å². The minimum atomic E-state index is -0.217. The van der Waals surface area contributed by atoms with E-state index >= 15 is 0 Å². The number of hydrogen-bond donors (Lipinski definition) is 0. The molecule has 1 saturated carbocycles. The highest BCUT2D eigenvalue weighted by molar-refractivity contribution is 5.73. The lowest BCUT2D eigenvalue weighted by molar-refractivity contribution is -0.178. The molecular weight excluding hydrogens is 224 g/mol. The van der Waals surface area contributed by atoms with Crippen molar-refractivity contribution in [3.05, 3.63) is 0 Å². The highest BCUT2D eigenvalue weighted by Crippen LogP contribution is 2.46. The largest absolute Gasteiger partial charge is 0.458 e. The molecule has 1 aliphatic carbocycles. The molecule has 1 atom stereocenters. The Morgan fingerprint density at radius 2 is 1.78 bits per heavy atom.